The van der Waals surface area contributed by atoms with Gasteiger partial charge in [-0.3, -0.25) is 0 Å². The molecule has 0 aliphatic carbocycles. The summed E-state index contributed by atoms with van der Waals surface area (Å²) >= 11 is 0. The zero-order valence-corrected chi connectivity index (χ0v) is 18.4. The molecule has 7 heteroatoms. The summed E-state index contributed by atoms with van der Waals surface area (Å²) in [5.74, 6) is 0.624. The van der Waals surface area contributed by atoms with Crippen molar-refractivity contribution in [2.24, 2.45) is 0 Å². The molecule has 160 valence electrons. The number of hydroxylamine groups is 2. The van der Waals surface area contributed by atoms with Crippen molar-refractivity contribution in [1.82, 2.24) is 5.06 Å². The third kappa shape index (κ3) is 7.77. The Kier molecular flexibility index (Phi) is 11.5. The van der Waals surface area contributed by atoms with Crippen molar-refractivity contribution in [2.45, 2.75) is 26.2 Å². The smallest absolute Gasteiger partial charge is 0.357 e. The Morgan fingerprint density at radius 3 is 2.17 bits per heavy atom. The Balaban J connectivity index is 0.00000210. The molecule has 1 saturated heterocycles. The monoisotopic (exact) mass is 440 g/mol. The third-order valence-corrected chi connectivity index (χ3v) is 4.68. The van der Waals surface area contributed by atoms with Crippen LogP contribution < -0.4 is 9.64 Å². The van der Waals surface area contributed by atoms with Crippen LogP contribution in [0.4, 0.5) is 5.69 Å². The predicted molar refractivity (Wildman–Crippen MR) is 122 cm³/mol. The molecule has 1 fully saturated rings. The molecule has 0 spiro atoms. The molecule has 0 atom stereocenters. The number of halogens is 2. The van der Waals surface area contributed by atoms with Crippen LogP contribution in [0.3, 0.4) is 0 Å². The molecule has 2 aromatic carbocycles. The number of carbonyl (C=O) groups excluding carboxylic acids is 1. The molecule has 1 aliphatic rings. The van der Waals surface area contributed by atoms with Gasteiger partial charge in [-0.2, -0.15) is 0 Å². The van der Waals surface area contributed by atoms with E-state index in [0.717, 1.165) is 31.9 Å². The minimum atomic E-state index is -0.298. The highest BCUT2D eigenvalue weighted by Gasteiger charge is 2.21. The van der Waals surface area contributed by atoms with Crippen molar-refractivity contribution in [1.29, 1.82) is 0 Å². The summed E-state index contributed by atoms with van der Waals surface area (Å²) in [6.07, 6.45) is 3.51. The first-order valence-electron chi connectivity index (χ1n) is 9.76. The molecule has 0 bridgehead atoms. The van der Waals surface area contributed by atoms with Gasteiger partial charge in [0.2, 0.25) is 0 Å². The lowest BCUT2D eigenvalue weighted by atomic mass is 10.2. The number of benzene rings is 2. The fourth-order valence-corrected chi connectivity index (χ4v) is 3.08. The number of nitrogens with zero attached hydrogens (tertiary/aromatic N) is 2. The average Bonchev–Trinajstić information content (AvgIpc) is 2.73. The first kappa shape index (κ1) is 25.1. The van der Waals surface area contributed by atoms with E-state index in [9.17, 15) is 4.79 Å². The van der Waals surface area contributed by atoms with E-state index in [0.29, 0.717) is 18.7 Å². The van der Waals surface area contributed by atoms with E-state index in [1.54, 1.807) is 17.2 Å². The summed E-state index contributed by atoms with van der Waals surface area (Å²) in [5.41, 5.74) is 1.75. The molecule has 0 N–H and O–H groups in total. The van der Waals surface area contributed by atoms with E-state index >= 15 is 0 Å². The molecule has 3 rings (SSSR count). The SMILES string of the molecule is CCCCCOc1ccc(N2CCN(OC(=O)c3ccccc3)CC2)cc1.Cl.Cl. The van der Waals surface area contributed by atoms with Gasteiger partial charge in [0, 0.05) is 18.8 Å². The van der Waals surface area contributed by atoms with Gasteiger partial charge >= 0.3 is 5.97 Å². The summed E-state index contributed by atoms with van der Waals surface area (Å²) in [7, 11) is 0. The summed E-state index contributed by atoms with van der Waals surface area (Å²) in [4.78, 5) is 19.9. The Labute approximate surface area is 185 Å². The van der Waals surface area contributed by atoms with Crippen LogP contribution in [0.2, 0.25) is 0 Å². The van der Waals surface area contributed by atoms with E-state index in [1.807, 2.05) is 30.3 Å². The van der Waals surface area contributed by atoms with Gasteiger partial charge in [0.05, 0.1) is 25.3 Å². The fourth-order valence-electron chi connectivity index (χ4n) is 3.08. The van der Waals surface area contributed by atoms with Crippen molar-refractivity contribution < 1.29 is 14.4 Å². The number of hydrogen-bond acceptors (Lipinski definition) is 5. The second kappa shape index (κ2) is 13.3. The molecular weight excluding hydrogens is 411 g/mol. The molecule has 29 heavy (non-hydrogen) atoms. The first-order chi connectivity index (χ1) is 13.3. The summed E-state index contributed by atoms with van der Waals surface area (Å²) in [5, 5.41) is 1.75. The van der Waals surface area contributed by atoms with Crippen LogP contribution in [0.5, 0.6) is 5.75 Å². The molecule has 0 radical (unpaired) electrons. The van der Waals surface area contributed by atoms with E-state index in [2.05, 4.69) is 24.0 Å². The maximum Gasteiger partial charge on any atom is 0.357 e. The van der Waals surface area contributed by atoms with Crippen molar-refractivity contribution in [3.05, 3.63) is 60.2 Å². The second-order valence-electron chi connectivity index (χ2n) is 6.71. The highest BCUT2D eigenvalue weighted by atomic mass is 35.5. The van der Waals surface area contributed by atoms with Crippen LogP contribution in [0.15, 0.2) is 54.6 Å². The average molecular weight is 441 g/mol. The topological polar surface area (TPSA) is 42.0 Å². The molecule has 1 heterocycles. The van der Waals surface area contributed by atoms with Crippen LogP contribution in [0, 0.1) is 0 Å². The molecule has 0 saturated carbocycles. The Hall–Kier alpha value is -1.95. The molecule has 0 amide bonds. The maximum absolute atomic E-state index is 12.1. The Morgan fingerprint density at radius 2 is 1.55 bits per heavy atom. The highest BCUT2D eigenvalue weighted by Crippen LogP contribution is 2.21. The van der Waals surface area contributed by atoms with Crippen molar-refractivity contribution >= 4 is 36.5 Å². The quantitative estimate of drug-likeness (QED) is 0.540. The normalized spacial score (nSPS) is 13.8. The number of unbranched alkanes of at least 4 members (excludes halogenated alkanes) is 2. The minimum Gasteiger partial charge on any atom is -0.494 e. The molecule has 0 unspecified atom stereocenters. The summed E-state index contributed by atoms with van der Waals surface area (Å²) in [6.45, 7) is 5.98. The van der Waals surface area contributed by atoms with Gasteiger partial charge in [-0.05, 0) is 42.8 Å². The molecule has 2 aromatic rings. The van der Waals surface area contributed by atoms with E-state index in [1.165, 1.54) is 18.5 Å². The van der Waals surface area contributed by atoms with Gasteiger partial charge in [-0.15, -0.1) is 29.9 Å². The fraction of sp³-hybridized carbons (Fsp3) is 0.409. The minimum absolute atomic E-state index is 0. The van der Waals surface area contributed by atoms with Crippen molar-refractivity contribution in [3.8, 4) is 5.75 Å². The van der Waals surface area contributed by atoms with Crippen LogP contribution in [-0.2, 0) is 4.84 Å². The summed E-state index contributed by atoms with van der Waals surface area (Å²) < 4.78 is 5.77. The molecule has 0 aromatic heterocycles. The number of hydrogen-bond donors (Lipinski definition) is 0. The van der Waals surface area contributed by atoms with Crippen LogP contribution in [0.1, 0.15) is 36.5 Å². The maximum atomic E-state index is 12.1. The van der Waals surface area contributed by atoms with Gasteiger partial charge in [0.15, 0.2) is 0 Å². The lowest BCUT2D eigenvalue weighted by Crippen LogP contribution is -2.47. The summed E-state index contributed by atoms with van der Waals surface area (Å²) in [6, 6.07) is 17.4. The van der Waals surface area contributed by atoms with Crippen molar-refractivity contribution in [3.63, 3.8) is 0 Å². The van der Waals surface area contributed by atoms with E-state index in [4.69, 9.17) is 9.57 Å². The van der Waals surface area contributed by atoms with E-state index in [-0.39, 0.29) is 30.8 Å². The van der Waals surface area contributed by atoms with Gasteiger partial charge in [-0.25, -0.2) is 4.79 Å². The number of piperazine rings is 1. The molecule has 1 aliphatic heterocycles. The number of carbonyl (C=O) groups is 1. The first-order valence-corrected chi connectivity index (χ1v) is 9.76. The molecule has 5 nitrogen and oxygen atoms in total. The predicted octanol–water partition coefficient (Wildman–Crippen LogP) is 4.99. The van der Waals surface area contributed by atoms with E-state index < -0.39 is 0 Å². The number of rotatable bonds is 8. The van der Waals surface area contributed by atoms with Gasteiger partial charge in [0.25, 0.3) is 0 Å². The number of ether oxygens (including phenoxy) is 1. The lowest BCUT2D eigenvalue weighted by Gasteiger charge is -2.34. The Bertz CT molecular complexity index is 706. The van der Waals surface area contributed by atoms with Gasteiger partial charge in [0.1, 0.15) is 5.75 Å². The van der Waals surface area contributed by atoms with Crippen LogP contribution >= 0.6 is 24.8 Å². The zero-order chi connectivity index (χ0) is 18.9. The highest BCUT2D eigenvalue weighted by molar-refractivity contribution is 5.89. The largest absolute Gasteiger partial charge is 0.494 e. The molecular formula is C22H30Cl2N2O3. The van der Waals surface area contributed by atoms with Gasteiger partial charge < -0.3 is 14.5 Å². The van der Waals surface area contributed by atoms with Crippen LogP contribution in [0.25, 0.3) is 0 Å². The zero-order valence-electron chi connectivity index (χ0n) is 16.8. The number of anilines is 1. The lowest BCUT2D eigenvalue weighted by molar-refractivity contribution is -0.112. The van der Waals surface area contributed by atoms with Crippen molar-refractivity contribution in [2.75, 3.05) is 37.7 Å². The van der Waals surface area contributed by atoms with Gasteiger partial charge in [-0.1, -0.05) is 38.0 Å². The second-order valence-corrected chi connectivity index (χ2v) is 6.71. The van der Waals surface area contributed by atoms with Crippen LogP contribution in [-0.4, -0.2) is 43.8 Å². The Morgan fingerprint density at radius 1 is 0.897 bits per heavy atom. The third-order valence-electron chi connectivity index (χ3n) is 4.68. The standard InChI is InChI=1S/C22H28N2O3.2ClH/c1-2-3-7-18-26-21-12-10-20(11-13-21)23-14-16-24(17-15-23)27-22(25)19-8-5-4-6-9-19;;/h4-6,8-13H,2-3,7,14-18H2,1H3;2*1H.